The number of hydrogen-bond acceptors (Lipinski definition) is 3. The third-order valence-electron chi connectivity index (χ3n) is 3.47. The largest absolute Gasteiger partial charge is 0.396 e. The minimum absolute atomic E-state index is 0.153. The summed E-state index contributed by atoms with van der Waals surface area (Å²) in [5, 5.41) is 11.7. The maximum absolute atomic E-state index is 13.0. The Bertz CT molecular complexity index is 495. The molecule has 1 aliphatic carbocycles. The zero-order chi connectivity index (χ0) is 15.2. The van der Waals surface area contributed by atoms with Gasteiger partial charge in [0, 0.05) is 12.6 Å². The van der Waals surface area contributed by atoms with Crippen molar-refractivity contribution in [3.05, 3.63) is 29.0 Å². The molecule has 1 fully saturated rings. The predicted molar refractivity (Wildman–Crippen MR) is 81.0 cm³/mol. The fraction of sp³-hybridized carbons (Fsp3) is 0.533. The molecule has 0 spiro atoms. The first-order valence-corrected chi connectivity index (χ1v) is 7.58. The van der Waals surface area contributed by atoms with Crippen LogP contribution in [0, 0.1) is 5.82 Å². The Balaban J connectivity index is 1.86. The third-order valence-corrected chi connectivity index (χ3v) is 3.78. The van der Waals surface area contributed by atoms with E-state index in [1.54, 1.807) is 0 Å². The number of aliphatic hydroxyl groups is 1. The molecule has 1 saturated carbocycles. The van der Waals surface area contributed by atoms with Crippen LogP contribution in [-0.4, -0.2) is 41.7 Å². The Kier molecular flexibility index (Phi) is 5.96. The van der Waals surface area contributed by atoms with E-state index in [1.807, 2.05) is 0 Å². The van der Waals surface area contributed by atoms with Gasteiger partial charge in [0.15, 0.2) is 0 Å². The van der Waals surface area contributed by atoms with E-state index in [9.17, 15) is 9.18 Å². The summed E-state index contributed by atoms with van der Waals surface area (Å²) in [7, 11) is 0. The number of benzene rings is 1. The lowest BCUT2D eigenvalue weighted by molar-refractivity contribution is -0.117. The first kappa shape index (κ1) is 16.2. The van der Waals surface area contributed by atoms with Gasteiger partial charge in [0.25, 0.3) is 0 Å². The highest BCUT2D eigenvalue weighted by Crippen LogP contribution is 2.27. The SMILES string of the molecule is O=C(CN(CCCCO)C1CC1)Nc1ccc(F)cc1Cl. The molecule has 2 N–H and O–H groups in total. The highest BCUT2D eigenvalue weighted by molar-refractivity contribution is 6.33. The van der Waals surface area contributed by atoms with Gasteiger partial charge in [-0.05, 0) is 50.4 Å². The van der Waals surface area contributed by atoms with Gasteiger partial charge in [-0.3, -0.25) is 9.69 Å². The van der Waals surface area contributed by atoms with E-state index < -0.39 is 5.82 Å². The number of aliphatic hydroxyl groups excluding tert-OH is 1. The summed E-state index contributed by atoms with van der Waals surface area (Å²) in [5.74, 6) is -0.582. The summed E-state index contributed by atoms with van der Waals surface area (Å²) in [6.45, 7) is 1.27. The van der Waals surface area contributed by atoms with Gasteiger partial charge in [0.2, 0.25) is 5.91 Å². The van der Waals surface area contributed by atoms with Crippen molar-refractivity contribution in [3.8, 4) is 0 Å². The zero-order valence-electron chi connectivity index (χ0n) is 11.8. The number of carbonyl (C=O) groups excluding carboxylic acids is 1. The molecular formula is C15H20ClFN2O2. The van der Waals surface area contributed by atoms with Crippen molar-refractivity contribution >= 4 is 23.2 Å². The minimum atomic E-state index is -0.429. The molecule has 0 atom stereocenters. The number of halogens is 2. The first-order chi connectivity index (χ1) is 10.1. The lowest BCUT2D eigenvalue weighted by atomic mass is 10.2. The standard InChI is InChI=1S/C15H20ClFN2O2/c16-13-9-11(17)3-6-14(13)18-15(21)10-19(12-4-5-12)7-1-2-8-20/h3,6,9,12,20H,1-2,4-5,7-8,10H2,(H,18,21). The van der Waals surface area contributed by atoms with Crippen molar-refractivity contribution in [1.82, 2.24) is 4.90 Å². The molecular weight excluding hydrogens is 295 g/mol. The van der Waals surface area contributed by atoms with Crippen LogP contribution in [0.1, 0.15) is 25.7 Å². The van der Waals surface area contributed by atoms with E-state index in [2.05, 4.69) is 10.2 Å². The van der Waals surface area contributed by atoms with E-state index in [4.69, 9.17) is 16.7 Å². The van der Waals surface area contributed by atoms with Crippen LogP contribution in [0.25, 0.3) is 0 Å². The summed E-state index contributed by atoms with van der Waals surface area (Å²) in [4.78, 5) is 14.2. The molecule has 0 saturated heterocycles. The van der Waals surface area contributed by atoms with Crippen molar-refractivity contribution in [1.29, 1.82) is 0 Å². The topological polar surface area (TPSA) is 52.6 Å². The maximum Gasteiger partial charge on any atom is 0.238 e. The van der Waals surface area contributed by atoms with Gasteiger partial charge in [0.05, 0.1) is 17.3 Å². The molecule has 116 valence electrons. The van der Waals surface area contributed by atoms with E-state index in [-0.39, 0.29) is 17.5 Å². The second-order valence-corrected chi connectivity index (χ2v) is 5.71. The van der Waals surface area contributed by atoms with Crippen molar-refractivity contribution < 1.29 is 14.3 Å². The van der Waals surface area contributed by atoms with Crippen molar-refractivity contribution in [2.24, 2.45) is 0 Å². The molecule has 0 unspecified atom stereocenters. The minimum Gasteiger partial charge on any atom is -0.396 e. The average Bonchev–Trinajstić information content (AvgIpc) is 3.25. The Morgan fingerprint density at radius 2 is 2.19 bits per heavy atom. The van der Waals surface area contributed by atoms with Gasteiger partial charge >= 0.3 is 0 Å². The molecule has 1 aromatic carbocycles. The monoisotopic (exact) mass is 314 g/mol. The number of unbranched alkanes of at least 4 members (excludes halogenated alkanes) is 1. The Hall–Kier alpha value is -1.17. The number of rotatable bonds is 8. The average molecular weight is 315 g/mol. The fourth-order valence-corrected chi connectivity index (χ4v) is 2.44. The van der Waals surface area contributed by atoms with Crippen LogP contribution in [0.2, 0.25) is 5.02 Å². The predicted octanol–water partition coefficient (Wildman–Crippen LogP) is 2.65. The molecule has 0 radical (unpaired) electrons. The van der Waals surface area contributed by atoms with Crippen LogP contribution in [0.4, 0.5) is 10.1 Å². The molecule has 1 amide bonds. The van der Waals surface area contributed by atoms with Gasteiger partial charge in [-0.1, -0.05) is 11.6 Å². The lowest BCUT2D eigenvalue weighted by Crippen LogP contribution is -2.35. The number of amides is 1. The van der Waals surface area contributed by atoms with Gasteiger partial charge < -0.3 is 10.4 Å². The molecule has 0 bridgehead atoms. The van der Waals surface area contributed by atoms with E-state index in [0.717, 1.165) is 32.2 Å². The van der Waals surface area contributed by atoms with Crippen molar-refractivity contribution in [2.75, 3.05) is 25.0 Å². The number of nitrogens with one attached hydrogen (secondary N) is 1. The fourth-order valence-electron chi connectivity index (χ4n) is 2.22. The zero-order valence-corrected chi connectivity index (χ0v) is 12.6. The Morgan fingerprint density at radius 1 is 1.43 bits per heavy atom. The number of anilines is 1. The molecule has 2 rings (SSSR count). The smallest absolute Gasteiger partial charge is 0.238 e. The Labute approximate surface area is 128 Å². The summed E-state index contributed by atoms with van der Waals surface area (Å²) in [5.41, 5.74) is 0.425. The van der Waals surface area contributed by atoms with E-state index in [1.165, 1.54) is 18.2 Å². The van der Waals surface area contributed by atoms with Crippen LogP contribution in [0.5, 0.6) is 0 Å². The first-order valence-electron chi connectivity index (χ1n) is 7.20. The lowest BCUT2D eigenvalue weighted by Gasteiger charge is -2.21. The van der Waals surface area contributed by atoms with E-state index in [0.29, 0.717) is 18.3 Å². The Morgan fingerprint density at radius 3 is 2.81 bits per heavy atom. The second-order valence-electron chi connectivity index (χ2n) is 5.30. The second kappa shape index (κ2) is 7.73. The molecule has 0 aromatic heterocycles. The van der Waals surface area contributed by atoms with Gasteiger partial charge in [-0.2, -0.15) is 0 Å². The molecule has 1 aromatic rings. The van der Waals surface area contributed by atoms with Crippen LogP contribution in [0.15, 0.2) is 18.2 Å². The van der Waals surface area contributed by atoms with Crippen LogP contribution >= 0.6 is 11.6 Å². The summed E-state index contributed by atoms with van der Waals surface area (Å²) in [6, 6.07) is 4.37. The van der Waals surface area contributed by atoms with Gasteiger partial charge in [-0.15, -0.1) is 0 Å². The summed E-state index contributed by atoms with van der Waals surface area (Å²) in [6.07, 6.45) is 3.85. The summed E-state index contributed by atoms with van der Waals surface area (Å²) < 4.78 is 13.0. The number of carbonyl (C=O) groups is 1. The maximum atomic E-state index is 13.0. The number of nitrogens with zero attached hydrogens (tertiary/aromatic N) is 1. The normalized spacial score (nSPS) is 14.5. The van der Waals surface area contributed by atoms with Crippen molar-refractivity contribution in [2.45, 2.75) is 31.7 Å². The molecule has 6 heteroatoms. The molecule has 21 heavy (non-hydrogen) atoms. The van der Waals surface area contributed by atoms with Crippen molar-refractivity contribution in [3.63, 3.8) is 0 Å². The summed E-state index contributed by atoms with van der Waals surface area (Å²) >= 11 is 5.89. The highest BCUT2D eigenvalue weighted by Gasteiger charge is 2.29. The van der Waals surface area contributed by atoms with Crippen LogP contribution in [-0.2, 0) is 4.79 Å². The third kappa shape index (κ3) is 5.26. The molecule has 1 aliphatic rings. The van der Waals surface area contributed by atoms with Crippen LogP contribution in [0.3, 0.4) is 0 Å². The molecule has 0 heterocycles. The van der Waals surface area contributed by atoms with Crippen LogP contribution < -0.4 is 5.32 Å². The number of hydrogen-bond donors (Lipinski definition) is 2. The van der Waals surface area contributed by atoms with E-state index >= 15 is 0 Å². The molecule has 0 aliphatic heterocycles. The highest BCUT2D eigenvalue weighted by atomic mass is 35.5. The quantitative estimate of drug-likeness (QED) is 0.725. The molecule has 4 nitrogen and oxygen atoms in total. The van der Waals surface area contributed by atoms with Gasteiger partial charge in [-0.25, -0.2) is 4.39 Å². The van der Waals surface area contributed by atoms with Gasteiger partial charge in [0.1, 0.15) is 5.82 Å².